The van der Waals surface area contributed by atoms with Crippen LogP contribution in [-0.4, -0.2) is 11.1 Å². The minimum Gasteiger partial charge on any atom is -0.288 e. The van der Waals surface area contributed by atoms with E-state index >= 15 is 0 Å². The van der Waals surface area contributed by atoms with Crippen molar-refractivity contribution in [2.24, 2.45) is 0 Å². The molecule has 9 heavy (non-hydrogen) atoms. The van der Waals surface area contributed by atoms with Gasteiger partial charge in [-0.15, -0.1) is 0 Å². The lowest BCUT2D eigenvalue weighted by atomic mass is 10.3. The Morgan fingerprint density at radius 1 is 1.78 bits per heavy atom. The Hall–Kier alpha value is -1.09. The van der Waals surface area contributed by atoms with E-state index in [9.17, 15) is 4.79 Å². The van der Waals surface area contributed by atoms with Gasteiger partial charge in [0.25, 0.3) is 5.91 Å². The lowest BCUT2D eigenvalue weighted by molar-refractivity contribution is -0.125. The van der Waals surface area contributed by atoms with Gasteiger partial charge >= 0.3 is 0 Å². The number of allylic oxidation sites excluding steroid dienone is 2. The first kappa shape index (κ1) is 7.91. The van der Waals surface area contributed by atoms with Crippen LogP contribution in [0.25, 0.3) is 0 Å². The van der Waals surface area contributed by atoms with Gasteiger partial charge in [0, 0.05) is 5.57 Å². The molecule has 2 N–H and O–H groups in total. The molecule has 0 saturated heterocycles. The standard InChI is InChI=1S/C6H9NO2/c1-3-4-5(2)6(8)7-9/h3-4,9H,1H2,2H3,(H,7,8)/b5-4+. The Bertz CT molecular complexity index is 149. The molecule has 0 aromatic heterocycles. The van der Waals surface area contributed by atoms with Crippen LogP contribution < -0.4 is 5.48 Å². The zero-order valence-corrected chi connectivity index (χ0v) is 5.22. The van der Waals surface area contributed by atoms with Crippen LogP contribution in [0.15, 0.2) is 24.3 Å². The molecule has 0 rings (SSSR count). The quantitative estimate of drug-likeness (QED) is 0.247. The van der Waals surface area contributed by atoms with Gasteiger partial charge in [-0.2, -0.15) is 0 Å². The van der Waals surface area contributed by atoms with Crippen LogP contribution in [0.5, 0.6) is 0 Å². The molecule has 0 aromatic carbocycles. The summed E-state index contributed by atoms with van der Waals surface area (Å²) in [5.74, 6) is -0.505. The van der Waals surface area contributed by atoms with Gasteiger partial charge in [-0.25, -0.2) is 5.48 Å². The lowest BCUT2D eigenvalue weighted by Crippen LogP contribution is -2.19. The van der Waals surface area contributed by atoms with Crippen LogP contribution in [0.2, 0.25) is 0 Å². The van der Waals surface area contributed by atoms with Crippen LogP contribution in [0.1, 0.15) is 6.92 Å². The largest absolute Gasteiger partial charge is 0.288 e. The van der Waals surface area contributed by atoms with E-state index in [1.165, 1.54) is 17.6 Å². The van der Waals surface area contributed by atoms with E-state index in [2.05, 4.69) is 6.58 Å². The van der Waals surface area contributed by atoms with Gasteiger partial charge in [-0.05, 0) is 6.92 Å². The Kier molecular flexibility index (Phi) is 3.39. The molecule has 0 aromatic rings. The number of rotatable bonds is 2. The second kappa shape index (κ2) is 3.86. The van der Waals surface area contributed by atoms with Crippen molar-refractivity contribution in [3.8, 4) is 0 Å². The van der Waals surface area contributed by atoms with Crippen molar-refractivity contribution in [2.75, 3.05) is 0 Å². The van der Waals surface area contributed by atoms with Crippen molar-refractivity contribution < 1.29 is 10.0 Å². The highest BCUT2D eigenvalue weighted by Gasteiger charge is 1.97. The smallest absolute Gasteiger partial charge is 0.270 e. The van der Waals surface area contributed by atoms with Gasteiger partial charge in [0.2, 0.25) is 0 Å². The van der Waals surface area contributed by atoms with Gasteiger partial charge in [-0.1, -0.05) is 18.7 Å². The average molecular weight is 127 g/mol. The summed E-state index contributed by atoms with van der Waals surface area (Å²) in [6.45, 7) is 4.96. The summed E-state index contributed by atoms with van der Waals surface area (Å²) in [4.78, 5) is 10.4. The number of nitrogens with one attached hydrogen (secondary N) is 1. The van der Waals surface area contributed by atoms with Crippen LogP contribution in [0, 0.1) is 0 Å². The first-order chi connectivity index (χ1) is 4.22. The highest BCUT2D eigenvalue weighted by Crippen LogP contribution is 1.90. The summed E-state index contributed by atoms with van der Waals surface area (Å²) in [5.41, 5.74) is 1.92. The fraction of sp³-hybridized carbons (Fsp3) is 0.167. The van der Waals surface area contributed by atoms with Crippen molar-refractivity contribution in [2.45, 2.75) is 6.92 Å². The molecule has 0 fully saturated rings. The summed E-state index contributed by atoms with van der Waals surface area (Å²) < 4.78 is 0. The summed E-state index contributed by atoms with van der Waals surface area (Å²) in [6.07, 6.45) is 2.98. The van der Waals surface area contributed by atoms with Crippen molar-refractivity contribution in [1.29, 1.82) is 0 Å². The molecule has 0 aliphatic heterocycles. The van der Waals surface area contributed by atoms with Gasteiger partial charge in [0.15, 0.2) is 0 Å². The third-order valence-electron chi connectivity index (χ3n) is 0.828. The molecule has 0 spiro atoms. The second-order valence-electron chi connectivity index (χ2n) is 1.53. The fourth-order valence-corrected chi connectivity index (χ4v) is 0.341. The topological polar surface area (TPSA) is 49.3 Å². The Morgan fingerprint density at radius 3 is 2.67 bits per heavy atom. The summed E-state index contributed by atoms with van der Waals surface area (Å²) in [7, 11) is 0. The predicted octanol–water partition coefficient (Wildman–Crippen LogP) is 0.624. The molecular weight excluding hydrogens is 118 g/mol. The van der Waals surface area contributed by atoms with E-state index in [4.69, 9.17) is 5.21 Å². The van der Waals surface area contributed by atoms with E-state index in [-0.39, 0.29) is 0 Å². The summed E-state index contributed by atoms with van der Waals surface area (Å²) in [5, 5.41) is 8.06. The van der Waals surface area contributed by atoms with E-state index in [1.54, 1.807) is 6.92 Å². The van der Waals surface area contributed by atoms with E-state index in [1.807, 2.05) is 0 Å². The summed E-state index contributed by atoms with van der Waals surface area (Å²) >= 11 is 0. The molecule has 0 heterocycles. The van der Waals surface area contributed by atoms with Gasteiger partial charge in [-0.3, -0.25) is 10.0 Å². The van der Waals surface area contributed by atoms with Crippen molar-refractivity contribution in [3.05, 3.63) is 24.3 Å². The molecule has 0 aliphatic rings. The fourth-order valence-electron chi connectivity index (χ4n) is 0.341. The van der Waals surface area contributed by atoms with Crippen LogP contribution >= 0.6 is 0 Å². The number of hydrogen-bond donors (Lipinski definition) is 2. The monoisotopic (exact) mass is 127 g/mol. The molecule has 0 radical (unpaired) electrons. The first-order valence-electron chi connectivity index (χ1n) is 2.46. The SMILES string of the molecule is C=C/C=C(\C)C(=O)NO. The van der Waals surface area contributed by atoms with E-state index in [0.717, 1.165) is 0 Å². The second-order valence-corrected chi connectivity index (χ2v) is 1.53. The third kappa shape index (κ3) is 2.66. The molecule has 0 atom stereocenters. The molecule has 3 nitrogen and oxygen atoms in total. The predicted molar refractivity (Wildman–Crippen MR) is 33.9 cm³/mol. The number of carbonyl (C=O) groups is 1. The van der Waals surface area contributed by atoms with Crippen molar-refractivity contribution in [3.63, 3.8) is 0 Å². The van der Waals surface area contributed by atoms with Crippen LogP contribution in [0.4, 0.5) is 0 Å². The van der Waals surface area contributed by atoms with Crippen molar-refractivity contribution in [1.82, 2.24) is 5.48 Å². The summed E-state index contributed by atoms with van der Waals surface area (Å²) in [6, 6.07) is 0. The molecule has 0 aliphatic carbocycles. The maximum atomic E-state index is 10.4. The minimum atomic E-state index is -0.505. The number of amides is 1. The molecule has 1 amide bonds. The molecule has 3 heteroatoms. The molecule has 0 unspecified atom stereocenters. The molecule has 0 bridgehead atoms. The molecule has 50 valence electrons. The Balaban J connectivity index is 4.01. The van der Waals surface area contributed by atoms with E-state index < -0.39 is 5.91 Å². The highest BCUT2D eigenvalue weighted by molar-refractivity contribution is 5.92. The van der Waals surface area contributed by atoms with Crippen LogP contribution in [-0.2, 0) is 4.79 Å². The first-order valence-corrected chi connectivity index (χ1v) is 2.46. The van der Waals surface area contributed by atoms with E-state index in [0.29, 0.717) is 5.57 Å². The van der Waals surface area contributed by atoms with Gasteiger partial charge < -0.3 is 0 Å². The maximum absolute atomic E-state index is 10.4. The Labute approximate surface area is 53.6 Å². The number of hydroxylamine groups is 1. The average Bonchev–Trinajstić information content (AvgIpc) is 1.87. The highest BCUT2D eigenvalue weighted by atomic mass is 16.5. The maximum Gasteiger partial charge on any atom is 0.270 e. The number of carbonyl (C=O) groups excluding carboxylic acids is 1. The zero-order chi connectivity index (χ0) is 7.28. The number of hydrogen-bond acceptors (Lipinski definition) is 2. The zero-order valence-electron chi connectivity index (χ0n) is 5.22. The Morgan fingerprint density at radius 2 is 2.33 bits per heavy atom. The van der Waals surface area contributed by atoms with Crippen LogP contribution in [0.3, 0.4) is 0 Å². The molecular formula is C6H9NO2. The normalized spacial score (nSPS) is 10.7. The lowest BCUT2D eigenvalue weighted by Gasteiger charge is -1.93. The van der Waals surface area contributed by atoms with Gasteiger partial charge in [0.05, 0.1) is 0 Å². The van der Waals surface area contributed by atoms with Gasteiger partial charge in [0.1, 0.15) is 0 Å². The third-order valence-corrected chi connectivity index (χ3v) is 0.828. The van der Waals surface area contributed by atoms with Crippen molar-refractivity contribution >= 4 is 5.91 Å². The minimum absolute atomic E-state index is 0.424. The molecule has 0 saturated carbocycles.